The molecule has 10 heteroatoms. The van der Waals surface area contributed by atoms with E-state index in [0.29, 0.717) is 5.02 Å². The Morgan fingerprint density at radius 2 is 1.71 bits per heavy atom. The predicted molar refractivity (Wildman–Crippen MR) is 126 cm³/mol. The number of carbonyl (C=O) groups excluding carboxylic acids is 2. The largest absolute Gasteiger partial charge is 0.479 e. The van der Waals surface area contributed by atoms with E-state index in [1.807, 2.05) is 0 Å². The van der Waals surface area contributed by atoms with E-state index in [9.17, 15) is 24.6 Å². The van der Waals surface area contributed by atoms with Crippen LogP contribution in [0, 0.1) is 0 Å². The monoisotopic (exact) mass is 484 g/mol. The molecule has 3 N–H and O–H groups in total. The molecule has 2 amide bonds. The molecule has 0 aliphatic rings. The first-order valence-electron chi connectivity index (χ1n) is 10.5. The lowest BCUT2D eigenvalue weighted by Gasteiger charge is -2.21. The number of rotatable bonds is 9. The molecule has 34 heavy (non-hydrogen) atoms. The second-order valence-electron chi connectivity index (χ2n) is 7.95. The van der Waals surface area contributed by atoms with Crippen LogP contribution in [-0.4, -0.2) is 68.9 Å². The average molecular weight is 485 g/mol. The van der Waals surface area contributed by atoms with Gasteiger partial charge in [0.1, 0.15) is 5.69 Å². The highest BCUT2D eigenvalue weighted by atomic mass is 35.5. The summed E-state index contributed by atoms with van der Waals surface area (Å²) in [5, 5.41) is 26.9. The molecule has 3 rings (SSSR count). The number of aliphatic hydroxyl groups excluding tert-OH is 1. The maximum absolute atomic E-state index is 13.0. The molecule has 0 aliphatic carbocycles. The summed E-state index contributed by atoms with van der Waals surface area (Å²) in [5.41, 5.74) is 1.67. The van der Waals surface area contributed by atoms with Crippen molar-refractivity contribution in [2.24, 2.45) is 0 Å². The standard InChI is InChI=1S/C24H25ClN4O5/c1-28(2)23(32)20-13-19(27-29(20)14-16-8-10-17(25)11-9-16)22(31)26-18(21(30)24(33)34)12-15-6-4-3-5-7-15/h3-11,13,18,21,30H,12,14H2,1-2H3,(H,26,31)(H,33,34)/t18-,21-/m1/s1. The van der Waals surface area contributed by atoms with E-state index in [1.54, 1.807) is 68.7 Å². The molecule has 178 valence electrons. The van der Waals surface area contributed by atoms with Crippen LogP contribution in [0.4, 0.5) is 0 Å². The summed E-state index contributed by atoms with van der Waals surface area (Å²) >= 11 is 5.94. The van der Waals surface area contributed by atoms with Crippen molar-refractivity contribution in [1.29, 1.82) is 0 Å². The summed E-state index contributed by atoms with van der Waals surface area (Å²) in [6, 6.07) is 16.1. The molecule has 0 saturated heterocycles. The van der Waals surface area contributed by atoms with Gasteiger partial charge in [-0.05, 0) is 29.7 Å². The zero-order valence-corrected chi connectivity index (χ0v) is 19.4. The molecule has 9 nitrogen and oxygen atoms in total. The van der Waals surface area contributed by atoms with Crippen LogP contribution >= 0.6 is 11.6 Å². The van der Waals surface area contributed by atoms with Gasteiger partial charge in [-0.25, -0.2) is 4.79 Å². The zero-order valence-electron chi connectivity index (χ0n) is 18.7. The summed E-state index contributed by atoms with van der Waals surface area (Å²) in [5.74, 6) is -2.52. The maximum Gasteiger partial charge on any atom is 0.334 e. The van der Waals surface area contributed by atoms with Gasteiger partial charge in [-0.3, -0.25) is 14.3 Å². The normalized spacial score (nSPS) is 12.6. The van der Waals surface area contributed by atoms with Gasteiger partial charge in [0.2, 0.25) is 0 Å². The third-order valence-electron chi connectivity index (χ3n) is 5.13. The van der Waals surface area contributed by atoms with E-state index in [-0.39, 0.29) is 30.3 Å². The first kappa shape index (κ1) is 24.9. The molecule has 0 aliphatic heterocycles. The Morgan fingerprint density at radius 1 is 1.06 bits per heavy atom. The molecule has 0 radical (unpaired) electrons. The fourth-order valence-corrected chi connectivity index (χ4v) is 3.46. The number of aliphatic carboxylic acids is 1. The van der Waals surface area contributed by atoms with Crippen molar-refractivity contribution in [2.45, 2.75) is 25.1 Å². The van der Waals surface area contributed by atoms with Crippen LogP contribution in [0.15, 0.2) is 60.7 Å². The lowest BCUT2D eigenvalue weighted by molar-refractivity contribution is -0.148. The molecule has 1 aromatic heterocycles. The van der Waals surface area contributed by atoms with Gasteiger partial charge in [-0.15, -0.1) is 0 Å². The minimum Gasteiger partial charge on any atom is -0.479 e. The van der Waals surface area contributed by atoms with Crippen LogP contribution < -0.4 is 5.32 Å². The molecule has 0 saturated carbocycles. The smallest absolute Gasteiger partial charge is 0.334 e. The quantitative estimate of drug-likeness (QED) is 0.427. The first-order chi connectivity index (χ1) is 16.2. The topological polar surface area (TPSA) is 125 Å². The van der Waals surface area contributed by atoms with Gasteiger partial charge < -0.3 is 20.4 Å². The lowest BCUT2D eigenvalue weighted by atomic mass is 10.0. The van der Waals surface area contributed by atoms with Gasteiger partial charge in [-0.1, -0.05) is 54.1 Å². The summed E-state index contributed by atoms with van der Waals surface area (Å²) < 4.78 is 1.40. The van der Waals surface area contributed by atoms with Crippen LogP contribution in [-0.2, 0) is 17.8 Å². The van der Waals surface area contributed by atoms with E-state index >= 15 is 0 Å². The van der Waals surface area contributed by atoms with Crippen molar-refractivity contribution < 1.29 is 24.6 Å². The van der Waals surface area contributed by atoms with Crippen LogP contribution in [0.2, 0.25) is 5.02 Å². The number of benzene rings is 2. The number of hydrogen-bond donors (Lipinski definition) is 3. The van der Waals surface area contributed by atoms with E-state index in [2.05, 4.69) is 10.4 Å². The second kappa shape index (κ2) is 11.0. The minimum atomic E-state index is -1.83. The highest BCUT2D eigenvalue weighted by Crippen LogP contribution is 2.15. The number of nitrogens with one attached hydrogen (secondary N) is 1. The second-order valence-corrected chi connectivity index (χ2v) is 8.39. The number of amides is 2. The molecule has 0 spiro atoms. The van der Waals surface area contributed by atoms with Crippen LogP contribution in [0.1, 0.15) is 32.1 Å². The average Bonchev–Trinajstić information content (AvgIpc) is 3.23. The molecular weight excluding hydrogens is 460 g/mol. The van der Waals surface area contributed by atoms with Gasteiger partial charge in [-0.2, -0.15) is 5.10 Å². The number of carboxylic acids is 1. The highest BCUT2D eigenvalue weighted by molar-refractivity contribution is 6.30. The number of halogens is 1. The minimum absolute atomic E-state index is 0.0742. The first-order valence-corrected chi connectivity index (χ1v) is 10.8. The highest BCUT2D eigenvalue weighted by Gasteiger charge is 2.29. The summed E-state index contributed by atoms with van der Waals surface area (Å²) in [7, 11) is 3.17. The molecule has 2 aromatic carbocycles. The molecular formula is C24H25ClN4O5. The lowest BCUT2D eigenvalue weighted by Crippen LogP contribution is -2.48. The summed E-state index contributed by atoms with van der Waals surface area (Å²) in [6.07, 6.45) is -1.74. The molecule has 0 bridgehead atoms. The van der Waals surface area contributed by atoms with E-state index in [0.717, 1.165) is 11.1 Å². The summed E-state index contributed by atoms with van der Waals surface area (Å²) in [4.78, 5) is 38.5. The van der Waals surface area contributed by atoms with Gasteiger partial charge in [0, 0.05) is 25.2 Å². The Labute approximate surface area is 201 Å². The van der Waals surface area contributed by atoms with Crippen molar-refractivity contribution in [2.75, 3.05) is 14.1 Å². The SMILES string of the molecule is CN(C)C(=O)c1cc(C(=O)N[C@H](Cc2ccccc2)[C@@H](O)C(=O)O)nn1Cc1ccc(Cl)cc1. The molecule has 0 unspecified atom stereocenters. The van der Waals surface area contributed by atoms with E-state index in [4.69, 9.17) is 11.6 Å². The Morgan fingerprint density at radius 3 is 2.29 bits per heavy atom. The number of aliphatic hydroxyl groups is 1. The van der Waals surface area contributed by atoms with Crippen molar-refractivity contribution in [3.05, 3.63) is 88.2 Å². The molecule has 3 aromatic rings. The number of hydrogen-bond acceptors (Lipinski definition) is 5. The third kappa shape index (κ3) is 6.21. The van der Waals surface area contributed by atoms with Crippen molar-refractivity contribution in [3.8, 4) is 0 Å². The van der Waals surface area contributed by atoms with Gasteiger partial charge >= 0.3 is 5.97 Å². The third-order valence-corrected chi connectivity index (χ3v) is 5.38. The Balaban J connectivity index is 1.88. The Hall–Kier alpha value is -3.69. The molecule has 1 heterocycles. The Kier molecular flexibility index (Phi) is 8.04. The van der Waals surface area contributed by atoms with Gasteiger partial charge in [0.05, 0.1) is 12.6 Å². The van der Waals surface area contributed by atoms with Crippen LogP contribution in [0.25, 0.3) is 0 Å². The Bertz CT molecular complexity index is 1160. The van der Waals surface area contributed by atoms with Crippen molar-refractivity contribution in [3.63, 3.8) is 0 Å². The van der Waals surface area contributed by atoms with Gasteiger partial charge in [0.25, 0.3) is 11.8 Å². The zero-order chi connectivity index (χ0) is 24.8. The predicted octanol–water partition coefficient (Wildman–Crippen LogP) is 2.07. The fraction of sp³-hybridized carbons (Fsp3) is 0.250. The van der Waals surface area contributed by atoms with Gasteiger partial charge in [0.15, 0.2) is 11.8 Å². The number of carboxylic acid groups (broad SMARTS) is 1. The number of carbonyl (C=O) groups is 3. The van der Waals surface area contributed by atoms with E-state index in [1.165, 1.54) is 15.6 Å². The molecule has 0 fully saturated rings. The number of nitrogens with zero attached hydrogens (tertiary/aromatic N) is 3. The van der Waals surface area contributed by atoms with Crippen LogP contribution in [0.5, 0.6) is 0 Å². The van der Waals surface area contributed by atoms with Crippen LogP contribution in [0.3, 0.4) is 0 Å². The van der Waals surface area contributed by atoms with Crippen molar-refractivity contribution in [1.82, 2.24) is 20.0 Å². The van der Waals surface area contributed by atoms with E-state index < -0.39 is 24.0 Å². The van der Waals surface area contributed by atoms with Crippen molar-refractivity contribution >= 4 is 29.4 Å². The summed E-state index contributed by atoms with van der Waals surface area (Å²) in [6.45, 7) is 0.213. The molecule has 2 atom stereocenters. The fourth-order valence-electron chi connectivity index (χ4n) is 3.34. The maximum atomic E-state index is 13.0. The number of aromatic nitrogens is 2.